The Kier molecular flexibility index (Phi) is 10.0. The number of hydrogen-bond acceptors (Lipinski definition) is 9. The lowest BCUT2D eigenvalue weighted by atomic mass is 10.1. The molecule has 0 bridgehead atoms. The molecule has 0 fully saturated rings. The zero-order valence-electron chi connectivity index (χ0n) is 11.7. The summed E-state index contributed by atoms with van der Waals surface area (Å²) in [5.41, 5.74) is 10.8. The maximum Gasteiger partial charge on any atom is 0.323 e. The van der Waals surface area contributed by atoms with Crippen LogP contribution in [0.15, 0.2) is 0 Å². The Bertz CT molecular complexity index is 327. The molecule has 0 radical (unpaired) electrons. The van der Waals surface area contributed by atoms with E-state index < -0.39 is 49.3 Å². The van der Waals surface area contributed by atoms with Gasteiger partial charge in [-0.05, 0) is 19.4 Å². The van der Waals surface area contributed by atoms with Gasteiger partial charge in [0, 0.05) is 0 Å². The summed E-state index contributed by atoms with van der Waals surface area (Å²) in [6.45, 7) is -1.12. The van der Waals surface area contributed by atoms with Gasteiger partial charge in [-0.3, -0.25) is 9.59 Å². The maximum atomic E-state index is 11.5. The predicted octanol–water partition coefficient (Wildman–Crippen LogP) is -3.37. The fourth-order valence-electron chi connectivity index (χ4n) is 1.47. The smallest absolute Gasteiger partial charge is 0.323 e. The van der Waals surface area contributed by atoms with Crippen LogP contribution in [-0.4, -0.2) is 76.3 Å². The molecule has 0 amide bonds. The molecule has 21 heavy (non-hydrogen) atoms. The van der Waals surface area contributed by atoms with Crippen molar-refractivity contribution < 1.29 is 34.8 Å². The van der Waals surface area contributed by atoms with E-state index in [9.17, 15) is 19.8 Å². The van der Waals surface area contributed by atoms with Crippen molar-refractivity contribution in [1.29, 1.82) is 0 Å². The molecule has 0 rings (SSSR count). The van der Waals surface area contributed by atoms with Gasteiger partial charge in [0.05, 0.1) is 6.61 Å². The number of Topliss-reactive ketones (excluding diaryl/α,β-unsaturated/α-hetero) is 1. The van der Waals surface area contributed by atoms with Gasteiger partial charge in [-0.25, -0.2) is 0 Å². The Morgan fingerprint density at radius 1 is 1.14 bits per heavy atom. The standard InChI is InChI=1S/C12H24N2O7/c13-4-2-1-3-7(14)12(20)21-6-9(17)11(19)10(18)8(16)5-15/h7-8,10-11,15-16,18-19H,1-6,13-14H2/t7-,8+,10-,11+/m0/s1. The quantitative estimate of drug-likeness (QED) is 0.168. The summed E-state index contributed by atoms with van der Waals surface area (Å²) >= 11 is 0. The number of hydrogen-bond donors (Lipinski definition) is 6. The summed E-state index contributed by atoms with van der Waals surface area (Å²) in [6.07, 6.45) is -3.78. The molecular formula is C12H24N2O7. The first-order valence-corrected chi connectivity index (χ1v) is 6.65. The van der Waals surface area contributed by atoms with Crippen molar-refractivity contribution in [2.45, 2.75) is 43.6 Å². The van der Waals surface area contributed by atoms with E-state index in [1.54, 1.807) is 0 Å². The second kappa shape index (κ2) is 10.6. The summed E-state index contributed by atoms with van der Waals surface area (Å²) < 4.78 is 4.62. The van der Waals surface area contributed by atoms with Crippen LogP contribution in [0.25, 0.3) is 0 Å². The molecule has 0 aliphatic rings. The molecule has 8 N–H and O–H groups in total. The van der Waals surface area contributed by atoms with E-state index in [1.807, 2.05) is 0 Å². The number of esters is 1. The van der Waals surface area contributed by atoms with E-state index in [0.717, 1.165) is 0 Å². The lowest BCUT2D eigenvalue weighted by Crippen LogP contribution is -2.45. The van der Waals surface area contributed by atoms with Crippen LogP contribution in [0.2, 0.25) is 0 Å². The molecule has 9 heteroatoms. The number of unbranched alkanes of at least 4 members (excludes halogenated alkanes) is 1. The van der Waals surface area contributed by atoms with Crippen molar-refractivity contribution in [3.63, 3.8) is 0 Å². The van der Waals surface area contributed by atoms with Crippen molar-refractivity contribution in [1.82, 2.24) is 0 Å². The minimum atomic E-state index is -1.96. The number of carbonyl (C=O) groups excluding carboxylic acids is 2. The molecular weight excluding hydrogens is 284 g/mol. The molecule has 0 aromatic carbocycles. The van der Waals surface area contributed by atoms with Crippen molar-refractivity contribution in [2.24, 2.45) is 11.5 Å². The highest BCUT2D eigenvalue weighted by molar-refractivity contribution is 5.87. The van der Waals surface area contributed by atoms with Gasteiger partial charge in [0.25, 0.3) is 0 Å². The van der Waals surface area contributed by atoms with E-state index in [-0.39, 0.29) is 0 Å². The number of rotatable bonds is 11. The zero-order valence-corrected chi connectivity index (χ0v) is 11.7. The van der Waals surface area contributed by atoms with Gasteiger partial charge < -0.3 is 36.6 Å². The molecule has 0 unspecified atom stereocenters. The molecule has 9 nitrogen and oxygen atoms in total. The molecule has 4 atom stereocenters. The predicted molar refractivity (Wildman–Crippen MR) is 72.0 cm³/mol. The molecule has 0 aromatic heterocycles. The first-order chi connectivity index (χ1) is 9.84. The second-order valence-electron chi connectivity index (χ2n) is 4.65. The molecule has 0 aromatic rings. The molecule has 0 heterocycles. The highest BCUT2D eigenvalue weighted by Crippen LogP contribution is 2.04. The number of carbonyl (C=O) groups is 2. The molecule has 0 saturated heterocycles. The lowest BCUT2D eigenvalue weighted by Gasteiger charge is -2.20. The number of aliphatic hydroxyl groups is 4. The molecule has 0 aliphatic carbocycles. The molecule has 0 spiro atoms. The topological polar surface area (TPSA) is 176 Å². The molecule has 0 aliphatic heterocycles. The van der Waals surface area contributed by atoms with Gasteiger partial charge >= 0.3 is 5.97 Å². The zero-order chi connectivity index (χ0) is 16.4. The Morgan fingerprint density at radius 2 is 1.76 bits per heavy atom. The fraction of sp³-hybridized carbons (Fsp3) is 0.833. The minimum Gasteiger partial charge on any atom is -0.456 e. The highest BCUT2D eigenvalue weighted by Gasteiger charge is 2.30. The second-order valence-corrected chi connectivity index (χ2v) is 4.65. The van der Waals surface area contributed by atoms with E-state index in [1.165, 1.54) is 0 Å². The van der Waals surface area contributed by atoms with E-state index >= 15 is 0 Å². The number of nitrogens with two attached hydrogens (primary N) is 2. The number of aliphatic hydroxyl groups excluding tert-OH is 4. The Balaban J connectivity index is 4.14. The van der Waals surface area contributed by atoms with E-state index in [2.05, 4.69) is 4.74 Å². The monoisotopic (exact) mass is 308 g/mol. The SMILES string of the molecule is NCCCC[C@H](N)C(=O)OCC(=O)[C@@H](O)[C@@H](O)[C@H](O)CO. The van der Waals surface area contributed by atoms with Crippen molar-refractivity contribution in [3.8, 4) is 0 Å². The van der Waals surface area contributed by atoms with Crippen LogP contribution in [0.4, 0.5) is 0 Å². The third-order valence-electron chi connectivity index (χ3n) is 2.86. The third-order valence-corrected chi connectivity index (χ3v) is 2.86. The van der Waals surface area contributed by atoms with Gasteiger partial charge in [-0.15, -0.1) is 0 Å². The average molecular weight is 308 g/mol. The van der Waals surface area contributed by atoms with Crippen LogP contribution < -0.4 is 11.5 Å². The third kappa shape index (κ3) is 7.46. The maximum absolute atomic E-state index is 11.5. The van der Waals surface area contributed by atoms with Crippen molar-refractivity contribution >= 4 is 11.8 Å². The average Bonchev–Trinajstić information content (AvgIpc) is 2.49. The first-order valence-electron chi connectivity index (χ1n) is 6.65. The molecule has 124 valence electrons. The Hall–Kier alpha value is -1.10. The Labute approximate surface area is 122 Å². The highest BCUT2D eigenvalue weighted by atomic mass is 16.5. The van der Waals surface area contributed by atoms with Crippen LogP contribution >= 0.6 is 0 Å². The van der Waals surface area contributed by atoms with Crippen LogP contribution in [0.5, 0.6) is 0 Å². The van der Waals surface area contributed by atoms with Crippen LogP contribution in [0, 0.1) is 0 Å². The van der Waals surface area contributed by atoms with Crippen LogP contribution in [-0.2, 0) is 14.3 Å². The Morgan fingerprint density at radius 3 is 2.29 bits per heavy atom. The molecule has 0 saturated carbocycles. The van der Waals surface area contributed by atoms with Crippen molar-refractivity contribution in [2.75, 3.05) is 19.8 Å². The van der Waals surface area contributed by atoms with Crippen molar-refractivity contribution in [3.05, 3.63) is 0 Å². The van der Waals surface area contributed by atoms with E-state index in [0.29, 0.717) is 25.8 Å². The largest absolute Gasteiger partial charge is 0.456 e. The fourth-order valence-corrected chi connectivity index (χ4v) is 1.47. The summed E-state index contributed by atoms with van der Waals surface area (Å²) in [5.74, 6) is -1.80. The van der Waals surface area contributed by atoms with Gasteiger partial charge in [0.1, 0.15) is 24.4 Å². The van der Waals surface area contributed by atoms with Crippen LogP contribution in [0.1, 0.15) is 19.3 Å². The normalized spacial score (nSPS) is 16.9. The summed E-state index contributed by atoms with van der Waals surface area (Å²) in [5, 5.41) is 36.4. The summed E-state index contributed by atoms with van der Waals surface area (Å²) in [4.78, 5) is 22.9. The summed E-state index contributed by atoms with van der Waals surface area (Å²) in [7, 11) is 0. The summed E-state index contributed by atoms with van der Waals surface area (Å²) in [6, 6.07) is -0.894. The van der Waals surface area contributed by atoms with E-state index in [4.69, 9.17) is 21.7 Å². The van der Waals surface area contributed by atoms with Gasteiger partial charge in [-0.1, -0.05) is 6.42 Å². The van der Waals surface area contributed by atoms with Gasteiger partial charge in [0.2, 0.25) is 5.78 Å². The first kappa shape index (κ1) is 19.9. The number of ketones is 1. The number of ether oxygens (including phenoxy) is 1. The lowest BCUT2D eigenvalue weighted by molar-refractivity contribution is -0.156. The van der Waals surface area contributed by atoms with Gasteiger partial charge in [0.15, 0.2) is 6.61 Å². The minimum absolute atomic E-state index is 0.360. The van der Waals surface area contributed by atoms with Gasteiger partial charge in [-0.2, -0.15) is 0 Å². The van der Waals surface area contributed by atoms with Crippen LogP contribution in [0.3, 0.4) is 0 Å².